The Hall–Kier alpha value is -0.190. The number of Topliss-reactive ketones (excluding diaryl/α,β-unsaturated/α-hetero) is 1. The van der Waals surface area contributed by atoms with E-state index < -0.39 is 12.6 Å². The zero-order chi connectivity index (χ0) is 9.90. The summed E-state index contributed by atoms with van der Waals surface area (Å²) in [5, 5.41) is 0. The molecule has 0 radical (unpaired) electrons. The normalized spacial score (nSPS) is 23.9. The first kappa shape index (κ1) is 10.9. The van der Waals surface area contributed by atoms with Crippen LogP contribution in [0.15, 0.2) is 0 Å². The highest BCUT2D eigenvalue weighted by molar-refractivity contribution is 8.00. The zero-order valence-corrected chi connectivity index (χ0v) is 7.88. The molecule has 1 atom stereocenters. The van der Waals surface area contributed by atoms with Crippen LogP contribution in [0.1, 0.15) is 19.3 Å². The summed E-state index contributed by atoms with van der Waals surface area (Å²) >= 11 is 1.52. The van der Waals surface area contributed by atoms with Gasteiger partial charge in [0.2, 0.25) is 0 Å². The summed E-state index contributed by atoms with van der Waals surface area (Å²) < 4.78 is 35.2. The average Bonchev–Trinajstić information content (AvgIpc) is 2.34. The van der Waals surface area contributed by atoms with Gasteiger partial charge in [0.25, 0.3) is 0 Å². The van der Waals surface area contributed by atoms with E-state index >= 15 is 0 Å². The molecule has 1 rings (SSSR count). The third-order valence-corrected chi connectivity index (χ3v) is 3.16. The smallest absolute Gasteiger partial charge is 0.298 e. The number of halogens is 3. The molecule has 0 aromatic heterocycles. The van der Waals surface area contributed by atoms with Crippen LogP contribution >= 0.6 is 11.8 Å². The van der Waals surface area contributed by atoms with Crippen LogP contribution in [0.2, 0.25) is 0 Å². The van der Waals surface area contributed by atoms with Crippen molar-refractivity contribution in [3.8, 4) is 0 Å². The lowest BCUT2D eigenvalue weighted by Crippen LogP contribution is -2.13. The molecule has 76 valence electrons. The maximum Gasteiger partial charge on any atom is 0.389 e. The predicted octanol–water partition coefficient (Wildman–Crippen LogP) is 2.65. The first-order valence-electron chi connectivity index (χ1n) is 4.16. The third-order valence-electron chi connectivity index (χ3n) is 2.03. The van der Waals surface area contributed by atoms with E-state index in [0.717, 1.165) is 0 Å². The largest absolute Gasteiger partial charge is 0.389 e. The molecule has 1 aliphatic rings. The fourth-order valence-corrected chi connectivity index (χ4v) is 2.50. The topological polar surface area (TPSA) is 17.1 Å². The molecule has 0 aliphatic carbocycles. The molecule has 0 spiro atoms. The Bertz CT molecular complexity index is 190. The molecule has 1 fully saturated rings. The summed E-state index contributed by atoms with van der Waals surface area (Å²) in [5.41, 5.74) is 0. The van der Waals surface area contributed by atoms with Crippen LogP contribution in [0.25, 0.3) is 0 Å². The summed E-state index contributed by atoms with van der Waals surface area (Å²) in [6.45, 7) is 0. The second-order valence-electron chi connectivity index (χ2n) is 3.19. The van der Waals surface area contributed by atoms with Gasteiger partial charge in [-0.05, 0) is 12.8 Å². The predicted molar refractivity (Wildman–Crippen MR) is 45.7 cm³/mol. The van der Waals surface area contributed by atoms with Crippen molar-refractivity contribution < 1.29 is 18.0 Å². The number of carbonyl (C=O) groups is 1. The van der Waals surface area contributed by atoms with Gasteiger partial charge in [0.05, 0.1) is 5.75 Å². The van der Waals surface area contributed by atoms with Gasteiger partial charge in [0, 0.05) is 18.1 Å². The molecule has 0 aromatic carbocycles. The van der Waals surface area contributed by atoms with Crippen LogP contribution < -0.4 is 0 Å². The second-order valence-corrected chi connectivity index (χ2v) is 4.22. The van der Waals surface area contributed by atoms with E-state index in [-0.39, 0.29) is 18.1 Å². The van der Waals surface area contributed by atoms with Crippen LogP contribution in [0.4, 0.5) is 13.2 Å². The Kier molecular flexibility index (Phi) is 3.64. The fourth-order valence-electron chi connectivity index (χ4n) is 1.31. The Morgan fingerprint density at radius 2 is 2.15 bits per heavy atom. The van der Waals surface area contributed by atoms with Crippen molar-refractivity contribution in [2.75, 3.05) is 11.5 Å². The number of alkyl halides is 3. The standard InChI is InChI=1S/C8H11F3OS/c9-8(10,11)3-1-2-6-4-13-5-7(6)12/h6H,1-5H2. The van der Waals surface area contributed by atoms with Gasteiger partial charge in [-0.2, -0.15) is 24.9 Å². The van der Waals surface area contributed by atoms with Crippen LogP contribution in [0, 0.1) is 5.92 Å². The van der Waals surface area contributed by atoms with E-state index in [1.54, 1.807) is 0 Å². The molecule has 0 saturated carbocycles. The fraction of sp³-hybridized carbons (Fsp3) is 0.875. The van der Waals surface area contributed by atoms with Crippen molar-refractivity contribution in [3.63, 3.8) is 0 Å². The van der Waals surface area contributed by atoms with Crippen molar-refractivity contribution in [3.05, 3.63) is 0 Å². The van der Waals surface area contributed by atoms with Gasteiger partial charge in [0.15, 0.2) is 0 Å². The molecule has 0 amide bonds. The Morgan fingerprint density at radius 1 is 1.46 bits per heavy atom. The number of rotatable bonds is 3. The van der Waals surface area contributed by atoms with Gasteiger partial charge >= 0.3 is 6.18 Å². The molecule has 1 nitrogen and oxygen atoms in total. The number of thioether (sulfide) groups is 1. The molecule has 1 saturated heterocycles. The third kappa shape index (κ3) is 4.02. The SMILES string of the molecule is O=C1CSCC1CCCC(F)(F)F. The number of ketones is 1. The molecule has 1 unspecified atom stereocenters. The highest BCUT2D eigenvalue weighted by Crippen LogP contribution is 2.28. The lowest BCUT2D eigenvalue weighted by Gasteiger charge is -2.08. The van der Waals surface area contributed by atoms with Gasteiger partial charge in [-0.25, -0.2) is 0 Å². The minimum Gasteiger partial charge on any atom is -0.298 e. The Labute approximate surface area is 79.1 Å². The van der Waals surface area contributed by atoms with Crippen molar-refractivity contribution in [1.29, 1.82) is 0 Å². The van der Waals surface area contributed by atoms with Crippen LogP contribution in [0.3, 0.4) is 0 Å². The highest BCUT2D eigenvalue weighted by Gasteiger charge is 2.29. The van der Waals surface area contributed by atoms with Crippen molar-refractivity contribution >= 4 is 17.5 Å². The molecular weight excluding hydrogens is 201 g/mol. The molecular formula is C8H11F3OS. The highest BCUT2D eigenvalue weighted by atomic mass is 32.2. The van der Waals surface area contributed by atoms with Crippen molar-refractivity contribution in [2.45, 2.75) is 25.4 Å². The molecule has 13 heavy (non-hydrogen) atoms. The minimum atomic E-state index is -4.07. The van der Waals surface area contributed by atoms with Gasteiger partial charge < -0.3 is 0 Å². The van der Waals surface area contributed by atoms with E-state index in [1.165, 1.54) is 11.8 Å². The van der Waals surface area contributed by atoms with Gasteiger partial charge in [-0.1, -0.05) is 0 Å². The number of hydrogen-bond donors (Lipinski definition) is 0. The van der Waals surface area contributed by atoms with E-state index in [0.29, 0.717) is 17.9 Å². The maximum atomic E-state index is 11.7. The summed E-state index contributed by atoms with van der Waals surface area (Å²) in [6.07, 6.45) is -4.36. The summed E-state index contributed by atoms with van der Waals surface area (Å²) in [7, 11) is 0. The number of hydrogen-bond acceptors (Lipinski definition) is 2. The molecule has 0 N–H and O–H groups in total. The minimum absolute atomic E-state index is 0.0838. The molecule has 1 aliphatic heterocycles. The second kappa shape index (κ2) is 4.35. The first-order chi connectivity index (χ1) is 5.99. The van der Waals surface area contributed by atoms with E-state index in [9.17, 15) is 18.0 Å². The van der Waals surface area contributed by atoms with E-state index in [2.05, 4.69) is 0 Å². The van der Waals surface area contributed by atoms with E-state index in [1.807, 2.05) is 0 Å². The van der Waals surface area contributed by atoms with Gasteiger partial charge in [0.1, 0.15) is 5.78 Å². The number of carbonyl (C=O) groups excluding carboxylic acids is 1. The molecule has 0 bridgehead atoms. The lowest BCUT2D eigenvalue weighted by molar-refractivity contribution is -0.137. The van der Waals surface area contributed by atoms with E-state index in [4.69, 9.17) is 0 Å². The van der Waals surface area contributed by atoms with Crippen molar-refractivity contribution in [1.82, 2.24) is 0 Å². The zero-order valence-electron chi connectivity index (χ0n) is 7.06. The molecule has 0 aromatic rings. The Morgan fingerprint density at radius 3 is 2.62 bits per heavy atom. The monoisotopic (exact) mass is 212 g/mol. The van der Waals surface area contributed by atoms with Crippen LogP contribution in [-0.4, -0.2) is 23.5 Å². The van der Waals surface area contributed by atoms with Crippen LogP contribution in [0.5, 0.6) is 0 Å². The first-order valence-corrected chi connectivity index (χ1v) is 5.32. The van der Waals surface area contributed by atoms with Crippen molar-refractivity contribution in [2.24, 2.45) is 5.92 Å². The summed E-state index contributed by atoms with van der Waals surface area (Å²) in [6, 6.07) is 0. The molecule has 1 heterocycles. The Balaban J connectivity index is 2.16. The molecule has 5 heteroatoms. The average molecular weight is 212 g/mol. The quantitative estimate of drug-likeness (QED) is 0.715. The van der Waals surface area contributed by atoms with Gasteiger partial charge in [-0.15, -0.1) is 0 Å². The summed E-state index contributed by atoms with van der Waals surface area (Å²) in [5.74, 6) is 1.19. The van der Waals surface area contributed by atoms with Crippen LogP contribution in [-0.2, 0) is 4.79 Å². The summed E-state index contributed by atoms with van der Waals surface area (Å²) in [4.78, 5) is 11.0. The maximum absolute atomic E-state index is 11.7. The lowest BCUT2D eigenvalue weighted by atomic mass is 10.0. The van der Waals surface area contributed by atoms with Gasteiger partial charge in [-0.3, -0.25) is 4.79 Å².